The third kappa shape index (κ3) is 3.80. The van der Waals surface area contributed by atoms with Crippen LogP contribution < -0.4 is 0 Å². The third-order valence-electron chi connectivity index (χ3n) is 3.85. The SMILES string of the molecule is CC(=O)CC1CCCCCN1C(=O)c1ccc(F)cc1O. The first kappa shape index (κ1) is 15.5. The maximum atomic E-state index is 13.0. The second kappa shape index (κ2) is 6.70. The fourth-order valence-corrected chi connectivity index (χ4v) is 2.83. The van der Waals surface area contributed by atoms with Gasteiger partial charge in [-0.1, -0.05) is 12.8 Å². The van der Waals surface area contributed by atoms with Gasteiger partial charge in [0.05, 0.1) is 5.56 Å². The first-order valence-corrected chi connectivity index (χ1v) is 7.28. The Labute approximate surface area is 123 Å². The second-order valence-corrected chi connectivity index (χ2v) is 5.57. The van der Waals surface area contributed by atoms with Gasteiger partial charge in [0.25, 0.3) is 5.91 Å². The number of ketones is 1. The Morgan fingerprint density at radius 1 is 1.33 bits per heavy atom. The summed E-state index contributed by atoms with van der Waals surface area (Å²) in [6, 6.07) is 3.25. The van der Waals surface area contributed by atoms with Gasteiger partial charge < -0.3 is 10.0 Å². The Balaban J connectivity index is 2.26. The molecule has 1 aliphatic heterocycles. The van der Waals surface area contributed by atoms with Crippen molar-refractivity contribution in [1.29, 1.82) is 0 Å². The number of nitrogens with zero attached hydrogens (tertiary/aromatic N) is 1. The molecule has 1 atom stereocenters. The number of phenols is 1. The lowest BCUT2D eigenvalue weighted by Crippen LogP contribution is -2.41. The monoisotopic (exact) mass is 293 g/mol. The van der Waals surface area contributed by atoms with Gasteiger partial charge in [0.15, 0.2) is 0 Å². The minimum Gasteiger partial charge on any atom is -0.507 e. The van der Waals surface area contributed by atoms with Gasteiger partial charge in [-0.05, 0) is 31.9 Å². The molecule has 0 saturated carbocycles. The molecule has 1 N–H and O–H groups in total. The van der Waals surface area contributed by atoms with Crippen molar-refractivity contribution in [2.24, 2.45) is 0 Å². The van der Waals surface area contributed by atoms with Gasteiger partial charge >= 0.3 is 0 Å². The van der Waals surface area contributed by atoms with Crippen LogP contribution in [0.2, 0.25) is 0 Å². The van der Waals surface area contributed by atoms with Gasteiger partial charge in [-0.25, -0.2) is 4.39 Å². The minimum absolute atomic E-state index is 0.0445. The molecule has 21 heavy (non-hydrogen) atoms. The molecule has 1 heterocycles. The number of amides is 1. The molecule has 114 valence electrons. The Morgan fingerprint density at radius 2 is 2.10 bits per heavy atom. The summed E-state index contributed by atoms with van der Waals surface area (Å²) in [4.78, 5) is 25.7. The van der Waals surface area contributed by atoms with Crippen LogP contribution in [0.25, 0.3) is 0 Å². The van der Waals surface area contributed by atoms with Crippen LogP contribution in [-0.4, -0.2) is 34.3 Å². The summed E-state index contributed by atoms with van der Waals surface area (Å²) in [6.07, 6.45) is 3.99. The highest BCUT2D eigenvalue weighted by Crippen LogP contribution is 2.25. The molecule has 0 radical (unpaired) electrons. The van der Waals surface area contributed by atoms with Crippen LogP contribution in [0.4, 0.5) is 4.39 Å². The standard InChI is InChI=1S/C16H20FNO3/c1-11(19)9-13-5-3-2-4-8-18(13)16(21)14-7-6-12(17)10-15(14)20/h6-7,10,13,20H,2-5,8-9H2,1H3. The van der Waals surface area contributed by atoms with Crippen LogP contribution in [0.3, 0.4) is 0 Å². The molecule has 1 fully saturated rings. The Bertz CT molecular complexity index is 544. The van der Waals surface area contributed by atoms with Gasteiger partial charge in [-0.2, -0.15) is 0 Å². The molecule has 0 bridgehead atoms. The molecule has 1 amide bonds. The number of phenolic OH excluding ortho intramolecular Hbond substituents is 1. The van der Waals surface area contributed by atoms with E-state index in [-0.39, 0.29) is 29.0 Å². The fraction of sp³-hybridized carbons (Fsp3) is 0.500. The topological polar surface area (TPSA) is 57.6 Å². The Hall–Kier alpha value is -1.91. The highest BCUT2D eigenvalue weighted by molar-refractivity contribution is 5.97. The van der Waals surface area contributed by atoms with E-state index >= 15 is 0 Å². The molecule has 1 aliphatic rings. The number of hydrogen-bond acceptors (Lipinski definition) is 3. The van der Waals surface area contributed by atoms with Crippen LogP contribution >= 0.6 is 0 Å². The van der Waals surface area contributed by atoms with Crippen molar-refractivity contribution in [3.8, 4) is 5.75 Å². The molecule has 4 nitrogen and oxygen atoms in total. The highest BCUT2D eigenvalue weighted by atomic mass is 19.1. The van der Waals surface area contributed by atoms with Crippen LogP contribution in [0.15, 0.2) is 18.2 Å². The zero-order chi connectivity index (χ0) is 15.4. The van der Waals surface area contributed by atoms with E-state index in [2.05, 4.69) is 0 Å². The van der Waals surface area contributed by atoms with E-state index in [0.29, 0.717) is 13.0 Å². The average molecular weight is 293 g/mol. The van der Waals surface area contributed by atoms with Crippen molar-refractivity contribution in [2.45, 2.75) is 45.1 Å². The number of carbonyl (C=O) groups is 2. The minimum atomic E-state index is -0.583. The molecule has 1 saturated heterocycles. The summed E-state index contributed by atoms with van der Waals surface area (Å²) in [7, 11) is 0. The lowest BCUT2D eigenvalue weighted by molar-refractivity contribution is -0.118. The number of halogens is 1. The normalized spacial score (nSPS) is 19.1. The number of Topliss-reactive ketones (excluding diaryl/α,β-unsaturated/α-hetero) is 1. The number of aromatic hydroxyl groups is 1. The van der Waals surface area contributed by atoms with E-state index < -0.39 is 5.82 Å². The van der Waals surface area contributed by atoms with Crippen LogP contribution in [0.1, 0.15) is 49.4 Å². The smallest absolute Gasteiger partial charge is 0.257 e. The van der Waals surface area contributed by atoms with E-state index in [1.807, 2.05) is 0 Å². The van der Waals surface area contributed by atoms with E-state index in [0.717, 1.165) is 37.8 Å². The summed E-state index contributed by atoms with van der Waals surface area (Å²) < 4.78 is 13.0. The lowest BCUT2D eigenvalue weighted by atomic mass is 10.0. The maximum Gasteiger partial charge on any atom is 0.257 e. The quantitative estimate of drug-likeness (QED) is 0.932. The van der Waals surface area contributed by atoms with E-state index in [9.17, 15) is 19.1 Å². The Morgan fingerprint density at radius 3 is 2.76 bits per heavy atom. The van der Waals surface area contributed by atoms with Crippen molar-refractivity contribution < 1.29 is 19.1 Å². The molecular formula is C16H20FNO3. The van der Waals surface area contributed by atoms with Crippen molar-refractivity contribution >= 4 is 11.7 Å². The van der Waals surface area contributed by atoms with Gasteiger partial charge in [0.1, 0.15) is 17.3 Å². The molecular weight excluding hydrogens is 273 g/mol. The molecule has 0 aromatic heterocycles. The molecule has 1 aromatic carbocycles. The number of likely N-dealkylation sites (tertiary alicyclic amines) is 1. The summed E-state index contributed by atoms with van der Waals surface area (Å²) in [5.74, 6) is -1.23. The van der Waals surface area contributed by atoms with Crippen molar-refractivity contribution in [3.05, 3.63) is 29.6 Å². The second-order valence-electron chi connectivity index (χ2n) is 5.57. The lowest BCUT2D eigenvalue weighted by Gasteiger charge is -2.29. The van der Waals surface area contributed by atoms with E-state index in [4.69, 9.17) is 0 Å². The van der Waals surface area contributed by atoms with Crippen LogP contribution in [-0.2, 0) is 4.79 Å². The van der Waals surface area contributed by atoms with Gasteiger partial charge in [-0.15, -0.1) is 0 Å². The molecule has 1 unspecified atom stereocenters. The first-order valence-electron chi connectivity index (χ1n) is 7.28. The van der Waals surface area contributed by atoms with Gasteiger partial charge in [0.2, 0.25) is 0 Å². The zero-order valence-corrected chi connectivity index (χ0v) is 12.1. The first-order chi connectivity index (χ1) is 9.99. The molecule has 0 spiro atoms. The number of carbonyl (C=O) groups excluding carboxylic acids is 2. The molecule has 0 aliphatic carbocycles. The summed E-state index contributed by atoms with van der Waals surface area (Å²) in [6.45, 7) is 2.08. The molecule has 1 aromatic rings. The van der Waals surface area contributed by atoms with Crippen molar-refractivity contribution in [2.75, 3.05) is 6.54 Å². The third-order valence-corrected chi connectivity index (χ3v) is 3.85. The molecule has 5 heteroatoms. The zero-order valence-electron chi connectivity index (χ0n) is 12.1. The number of benzene rings is 1. The highest BCUT2D eigenvalue weighted by Gasteiger charge is 2.28. The van der Waals surface area contributed by atoms with Gasteiger partial charge in [0, 0.05) is 25.1 Å². The van der Waals surface area contributed by atoms with E-state index in [1.165, 1.54) is 13.0 Å². The fourth-order valence-electron chi connectivity index (χ4n) is 2.83. The number of rotatable bonds is 3. The molecule has 2 rings (SSSR count). The van der Waals surface area contributed by atoms with Crippen LogP contribution in [0.5, 0.6) is 5.75 Å². The van der Waals surface area contributed by atoms with Crippen molar-refractivity contribution in [3.63, 3.8) is 0 Å². The maximum absolute atomic E-state index is 13.0. The average Bonchev–Trinajstić information content (AvgIpc) is 2.63. The number of hydrogen-bond donors (Lipinski definition) is 1. The van der Waals surface area contributed by atoms with E-state index in [1.54, 1.807) is 4.90 Å². The summed E-state index contributed by atoms with van der Waals surface area (Å²) in [5, 5.41) is 9.78. The predicted molar refractivity (Wildman–Crippen MR) is 76.7 cm³/mol. The van der Waals surface area contributed by atoms with Crippen LogP contribution in [0, 0.1) is 5.82 Å². The summed E-state index contributed by atoms with van der Waals surface area (Å²) >= 11 is 0. The van der Waals surface area contributed by atoms with Gasteiger partial charge in [-0.3, -0.25) is 9.59 Å². The predicted octanol–water partition coefficient (Wildman–Crippen LogP) is 2.90. The summed E-state index contributed by atoms with van der Waals surface area (Å²) in [5.41, 5.74) is 0.0897. The Kier molecular flexibility index (Phi) is 4.94. The largest absolute Gasteiger partial charge is 0.507 e. The van der Waals surface area contributed by atoms with Crippen molar-refractivity contribution in [1.82, 2.24) is 4.90 Å².